The molecule has 0 aliphatic carbocycles. The number of aromatic nitrogens is 1. The van der Waals surface area contributed by atoms with Crippen LogP contribution in [-0.2, 0) is 4.74 Å². The maximum absolute atomic E-state index is 11.8. The molecule has 1 aliphatic heterocycles. The number of piperazine rings is 1. The molecule has 26 heavy (non-hydrogen) atoms. The van der Waals surface area contributed by atoms with Gasteiger partial charge in [0.05, 0.1) is 11.9 Å². The summed E-state index contributed by atoms with van der Waals surface area (Å²) in [7, 11) is 0. The number of benzene rings is 1. The molecule has 3 rings (SSSR count). The zero-order valence-corrected chi connectivity index (χ0v) is 15.6. The molecule has 1 aliphatic rings. The number of hydrogen-bond donors (Lipinski definition) is 1. The van der Waals surface area contributed by atoms with Gasteiger partial charge in [0, 0.05) is 31.9 Å². The normalized spacial score (nSPS) is 14.9. The van der Waals surface area contributed by atoms with Crippen LogP contribution in [0.15, 0.2) is 48.7 Å². The van der Waals surface area contributed by atoms with Gasteiger partial charge in [0.25, 0.3) is 0 Å². The minimum atomic E-state index is -0.525. The van der Waals surface area contributed by atoms with Crippen molar-refractivity contribution in [3.8, 4) is 0 Å². The van der Waals surface area contributed by atoms with Crippen molar-refractivity contribution in [1.29, 1.82) is 0 Å². The predicted octanol–water partition coefficient (Wildman–Crippen LogP) is 3.76. The van der Waals surface area contributed by atoms with E-state index in [0.717, 1.165) is 31.9 Å². The number of para-hydroxylation sites is 1. The number of amides is 1. The van der Waals surface area contributed by atoms with Gasteiger partial charge >= 0.3 is 6.09 Å². The standard InChI is InChI=1S/C20H26N4O2/c1-20(2,3)26-19(25)22-18-10-9-17(15-21-18)24-13-11-23(12-14-24)16-7-5-4-6-8-16/h4-10,15H,11-14H2,1-3H3,(H,21,22,25). The summed E-state index contributed by atoms with van der Waals surface area (Å²) in [6.45, 7) is 9.32. The highest BCUT2D eigenvalue weighted by atomic mass is 16.6. The van der Waals surface area contributed by atoms with Crippen molar-refractivity contribution in [2.24, 2.45) is 0 Å². The van der Waals surface area contributed by atoms with E-state index >= 15 is 0 Å². The Morgan fingerprint density at radius 2 is 1.58 bits per heavy atom. The van der Waals surface area contributed by atoms with Crippen molar-refractivity contribution < 1.29 is 9.53 Å². The van der Waals surface area contributed by atoms with Gasteiger partial charge in [-0.25, -0.2) is 9.78 Å². The topological polar surface area (TPSA) is 57.7 Å². The van der Waals surface area contributed by atoms with Crippen LogP contribution in [0.25, 0.3) is 0 Å². The molecule has 2 aromatic rings. The summed E-state index contributed by atoms with van der Waals surface area (Å²) in [5.41, 5.74) is 1.80. The van der Waals surface area contributed by atoms with Gasteiger partial charge in [0.1, 0.15) is 11.4 Å². The summed E-state index contributed by atoms with van der Waals surface area (Å²) in [5.74, 6) is 0.492. The Labute approximate surface area is 154 Å². The number of nitrogens with one attached hydrogen (secondary N) is 1. The van der Waals surface area contributed by atoms with Crippen LogP contribution in [0.5, 0.6) is 0 Å². The molecule has 0 saturated carbocycles. The second kappa shape index (κ2) is 7.64. The summed E-state index contributed by atoms with van der Waals surface area (Å²) in [4.78, 5) is 20.8. The molecule has 1 aromatic heterocycles. The Morgan fingerprint density at radius 3 is 2.12 bits per heavy atom. The molecule has 6 heteroatoms. The highest BCUT2D eigenvalue weighted by Gasteiger charge is 2.19. The molecule has 0 radical (unpaired) electrons. The number of nitrogens with zero attached hydrogens (tertiary/aromatic N) is 3. The average Bonchev–Trinajstić information content (AvgIpc) is 2.62. The van der Waals surface area contributed by atoms with Crippen LogP contribution in [0, 0.1) is 0 Å². The molecule has 138 valence electrons. The Balaban J connectivity index is 1.54. The Morgan fingerprint density at radius 1 is 0.962 bits per heavy atom. The van der Waals surface area contributed by atoms with Crippen LogP contribution in [0.4, 0.5) is 22.0 Å². The van der Waals surface area contributed by atoms with Gasteiger partial charge in [-0.2, -0.15) is 0 Å². The SMILES string of the molecule is CC(C)(C)OC(=O)Nc1ccc(N2CCN(c3ccccc3)CC2)cn1. The molecular formula is C20H26N4O2. The third-order valence-electron chi connectivity index (χ3n) is 4.14. The minimum absolute atomic E-state index is 0.491. The number of carbonyl (C=O) groups is 1. The summed E-state index contributed by atoms with van der Waals surface area (Å²) < 4.78 is 5.24. The molecule has 2 heterocycles. The van der Waals surface area contributed by atoms with E-state index in [1.807, 2.05) is 39.0 Å². The molecule has 0 atom stereocenters. The van der Waals surface area contributed by atoms with Gasteiger partial charge in [0.2, 0.25) is 0 Å². The second-order valence-electron chi connectivity index (χ2n) is 7.34. The minimum Gasteiger partial charge on any atom is -0.444 e. The predicted molar refractivity (Wildman–Crippen MR) is 105 cm³/mol. The summed E-state index contributed by atoms with van der Waals surface area (Å²) in [6, 6.07) is 14.3. The zero-order valence-electron chi connectivity index (χ0n) is 15.6. The van der Waals surface area contributed by atoms with E-state index in [0.29, 0.717) is 5.82 Å². The quantitative estimate of drug-likeness (QED) is 0.910. The highest BCUT2D eigenvalue weighted by Crippen LogP contribution is 2.21. The van der Waals surface area contributed by atoms with Crippen LogP contribution in [0.1, 0.15) is 20.8 Å². The molecule has 1 amide bonds. The van der Waals surface area contributed by atoms with Crippen molar-refractivity contribution in [2.75, 3.05) is 41.3 Å². The lowest BCUT2D eigenvalue weighted by Crippen LogP contribution is -2.46. The Bertz CT molecular complexity index is 718. The van der Waals surface area contributed by atoms with Gasteiger partial charge in [0.15, 0.2) is 0 Å². The molecule has 0 spiro atoms. The van der Waals surface area contributed by atoms with Crippen molar-refractivity contribution >= 4 is 23.3 Å². The first-order valence-electron chi connectivity index (χ1n) is 8.92. The zero-order chi connectivity index (χ0) is 18.6. The summed E-state index contributed by atoms with van der Waals surface area (Å²) in [6.07, 6.45) is 1.31. The molecule has 1 fully saturated rings. The number of carbonyl (C=O) groups excluding carboxylic acids is 1. The van der Waals surface area contributed by atoms with E-state index < -0.39 is 11.7 Å². The lowest BCUT2D eigenvalue weighted by atomic mass is 10.2. The van der Waals surface area contributed by atoms with Gasteiger partial charge < -0.3 is 14.5 Å². The summed E-state index contributed by atoms with van der Waals surface area (Å²) in [5, 5.41) is 2.66. The molecular weight excluding hydrogens is 328 g/mol. The number of anilines is 3. The largest absolute Gasteiger partial charge is 0.444 e. The van der Waals surface area contributed by atoms with E-state index in [1.165, 1.54) is 5.69 Å². The summed E-state index contributed by atoms with van der Waals surface area (Å²) >= 11 is 0. The van der Waals surface area contributed by atoms with Crippen molar-refractivity contribution in [1.82, 2.24) is 4.98 Å². The first-order valence-corrected chi connectivity index (χ1v) is 8.92. The maximum atomic E-state index is 11.8. The fourth-order valence-corrected chi connectivity index (χ4v) is 2.92. The fraction of sp³-hybridized carbons (Fsp3) is 0.400. The lowest BCUT2D eigenvalue weighted by molar-refractivity contribution is 0.0635. The molecule has 0 unspecified atom stereocenters. The fourth-order valence-electron chi connectivity index (χ4n) is 2.92. The first kappa shape index (κ1) is 18.0. The molecule has 0 bridgehead atoms. The van der Waals surface area contributed by atoms with Gasteiger partial charge in [-0.1, -0.05) is 18.2 Å². The highest BCUT2D eigenvalue weighted by molar-refractivity contribution is 5.83. The number of hydrogen-bond acceptors (Lipinski definition) is 5. The first-order chi connectivity index (χ1) is 12.4. The third kappa shape index (κ3) is 4.88. The number of rotatable bonds is 3. The van der Waals surface area contributed by atoms with Gasteiger partial charge in [-0.15, -0.1) is 0 Å². The smallest absolute Gasteiger partial charge is 0.413 e. The molecule has 1 aromatic carbocycles. The monoisotopic (exact) mass is 354 g/mol. The van der Waals surface area contributed by atoms with Crippen LogP contribution >= 0.6 is 0 Å². The molecule has 6 nitrogen and oxygen atoms in total. The van der Waals surface area contributed by atoms with E-state index in [1.54, 1.807) is 6.20 Å². The second-order valence-corrected chi connectivity index (χ2v) is 7.34. The van der Waals surface area contributed by atoms with Crippen molar-refractivity contribution in [3.63, 3.8) is 0 Å². The van der Waals surface area contributed by atoms with Crippen LogP contribution in [0.2, 0.25) is 0 Å². The van der Waals surface area contributed by atoms with E-state index in [4.69, 9.17) is 4.74 Å². The third-order valence-corrected chi connectivity index (χ3v) is 4.14. The van der Waals surface area contributed by atoms with E-state index in [-0.39, 0.29) is 0 Å². The van der Waals surface area contributed by atoms with Gasteiger partial charge in [-0.3, -0.25) is 5.32 Å². The van der Waals surface area contributed by atoms with Crippen LogP contribution < -0.4 is 15.1 Å². The van der Waals surface area contributed by atoms with E-state index in [9.17, 15) is 4.79 Å². The van der Waals surface area contributed by atoms with Crippen LogP contribution in [0.3, 0.4) is 0 Å². The number of pyridine rings is 1. The van der Waals surface area contributed by atoms with Crippen molar-refractivity contribution in [2.45, 2.75) is 26.4 Å². The Hall–Kier alpha value is -2.76. The average molecular weight is 354 g/mol. The number of ether oxygens (including phenoxy) is 1. The lowest BCUT2D eigenvalue weighted by Gasteiger charge is -2.37. The van der Waals surface area contributed by atoms with Gasteiger partial charge in [-0.05, 0) is 45.0 Å². The van der Waals surface area contributed by atoms with Crippen molar-refractivity contribution in [3.05, 3.63) is 48.7 Å². The molecule has 1 saturated heterocycles. The Kier molecular flexibility index (Phi) is 5.30. The van der Waals surface area contributed by atoms with Crippen LogP contribution in [-0.4, -0.2) is 42.9 Å². The molecule has 1 N–H and O–H groups in total. The maximum Gasteiger partial charge on any atom is 0.413 e. The van der Waals surface area contributed by atoms with E-state index in [2.05, 4.69) is 44.4 Å².